The number of fused-ring (bicyclic) bond motifs is 1. The van der Waals surface area contributed by atoms with Gasteiger partial charge in [-0.05, 0) is 25.3 Å². The first kappa shape index (κ1) is 10.6. The second kappa shape index (κ2) is 4.75. The van der Waals surface area contributed by atoms with Crippen LogP contribution in [0.25, 0.3) is 0 Å². The topological polar surface area (TPSA) is 56.7 Å². The van der Waals surface area contributed by atoms with Crippen molar-refractivity contribution in [3.63, 3.8) is 0 Å². The van der Waals surface area contributed by atoms with Gasteiger partial charge in [-0.2, -0.15) is 0 Å². The smallest absolute Gasteiger partial charge is 0.133 e. The zero-order valence-electron chi connectivity index (χ0n) is 9.45. The van der Waals surface area contributed by atoms with Crippen molar-refractivity contribution in [2.24, 2.45) is 11.7 Å². The molecule has 0 saturated carbocycles. The highest BCUT2D eigenvalue weighted by molar-refractivity contribution is 5.00. The van der Waals surface area contributed by atoms with Crippen molar-refractivity contribution in [3.8, 4) is 0 Å². The summed E-state index contributed by atoms with van der Waals surface area (Å²) in [4.78, 5) is 0. The zero-order chi connectivity index (χ0) is 10.7. The van der Waals surface area contributed by atoms with Gasteiger partial charge >= 0.3 is 0 Å². The van der Waals surface area contributed by atoms with Gasteiger partial charge in [-0.25, -0.2) is 0 Å². The summed E-state index contributed by atoms with van der Waals surface area (Å²) in [5.41, 5.74) is 5.73. The lowest BCUT2D eigenvalue weighted by Gasteiger charge is -2.22. The van der Waals surface area contributed by atoms with Gasteiger partial charge in [0.1, 0.15) is 11.6 Å². The van der Waals surface area contributed by atoms with Gasteiger partial charge in [0.25, 0.3) is 0 Å². The normalized spacial score (nSPS) is 20.3. The molecule has 0 radical (unpaired) electrons. The fraction of sp³-hybridized carbons (Fsp3) is 0.818. The Bertz CT molecular complexity index is 318. The number of aryl methyl sites for hydroxylation is 2. The van der Waals surface area contributed by atoms with Crippen molar-refractivity contribution in [2.45, 2.75) is 45.6 Å². The molecule has 1 aliphatic heterocycles. The van der Waals surface area contributed by atoms with E-state index in [1.165, 1.54) is 19.3 Å². The summed E-state index contributed by atoms with van der Waals surface area (Å²) in [6.45, 7) is 4.01. The van der Waals surface area contributed by atoms with Crippen LogP contribution < -0.4 is 5.73 Å². The van der Waals surface area contributed by atoms with E-state index in [4.69, 9.17) is 5.73 Å². The molecule has 0 spiro atoms. The first-order chi connectivity index (χ1) is 7.35. The summed E-state index contributed by atoms with van der Waals surface area (Å²) in [5.74, 6) is 2.93. The molecule has 4 nitrogen and oxygen atoms in total. The van der Waals surface area contributed by atoms with Gasteiger partial charge in [0.15, 0.2) is 0 Å². The highest BCUT2D eigenvalue weighted by atomic mass is 15.3. The molecule has 15 heavy (non-hydrogen) atoms. The Morgan fingerprint density at radius 3 is 3.07 bits per heavy atom. The lowest BCUT2D eigenvalue weighted by Crippen LogP contribution is -2.27. The van der Waals surface area contributed by atoms with Gasteiger partial charge in [-0.3, -0.25) is 0 Å². The molecule has 1 aromatic heterocycles. The molecule has 2 heterocycles. The molecule has 1 unspecified atom stereocenters. The van der Waals surface area contributed by atoms with Crippen LogP contribution in [0.4, 0.5) is 0 Å². The fourth-order valence-corrected chi connectivity index (χ4v) is 2.16. The third kappa shape index (κ3) is 2.20. The SMILES string of the molecule is CCCCc1nnc2n1CC(CN)CC2. The fourth-order valence-electron chi connectivity index (χ4n) is 2.16. The molecule has 1 atom stereocenters. The van der Waals surface area contributed by atoms with Crippen LogP contribution in [0.1, 0.15) is 37.8 Å². The maximum atomic E-state index is 5.73. The van der Waals surface area contributed by atoms with Crippen LogP contribution in [-0.4, -0.2) is 21.3 Å². The van der Waals surface area contributed by atoms with Crippen LogP contribution in [-0.2, 0) is 19.4 Å². The summed E-state index contributed by atoms with van der Waals surface area (Å²) >= 11 is 0. The Balaban J connectivity index is 2.10. The van der Waals surface area contributed by atoms with E-state index in [0.29, 0.717) is 5.92 Å². The maximum Gasteiger partial charge on any atom is 0.133 e. The highest BCUT2D eigenvalue weighted by Crippen LogP contribution is 2.19. The molecule has 0 saturated heterocycles. The molecule has 0 aromatic carbocycles. The van der Waals surface area contributed by atoms with Crippen LogP contribution in [0.3, 0.4) is 0 Å². The van der Waals surface area contributed by atoms with E-state index in [-0.39, 0.29) is 0 Å². The van der Waals surface area contributed by atoms with Gasteiger partial charge in [0.05, 0.1) is 0 Å². The van der Waals surface area contributed by atoms with E-state index in [0.717, 1.165) is 37.6 Å². The lowest BCUT2D eigenvalue weighted by molar-refractivity contribution is 0.366. The van der Waals surface area contributed by atoms with E-state index < -0.39 is 0 Å². The largest absolute Gasteiger partial charge is 0.330 e. The van der Waals surface area contributed by atoms with E-state index >= 15 is 0 Å². The van der Waals surface area contributed by atoms with Crippen molar-refractivity contribution in [2.75, 3.05) is 6.54 Å². The molecule has 0 fully saturated rings. The molecule has 4 heteroatoms. The Labute approximate surface area is 90.9 Å². The molecule has 0 aliphatic carbocycles. The van der Waals surface area contributed by atoms with Crippen LogP contribution in [0.15, 0.2) is 0 Å². The number of nitrogens with two attached hydrogens (primary N) is 1. The Morgan fingerprint density at radius 2 is 2.33 bits per heavy atom. The van der Waals surface area contributed by atoms with Crippen molar-refractivity contribution < 1.29 is 0 Å². The second-order valence-electron chi connectivity index (χ2n) is 4.39. The molecule has 2 rings (SSSR count). The minimum absolute atomic E-state index is 0.619. The summed E-state index contributed by atoms with van der Waals surface area (Å²) in [6, 6.07) is 0. The molecule has 84 valence electrons. The van der Waals surface area contributed by atoms with Crippen LogP contribution >= 0.6 is 0 Å². The van der Waals surface area contributed by atoms with E-state index in [1.807, 2.05) is 0 Å². The van der Waals surface area contributed by atoms with Gasteiger partial charge in [-0.1, -0.05) is 13.3 Å². The average molecular weight is 208 g/mol. The molecule has 1 aromatic rings. The number of hydrogen-bond donors (Lipinski definition) is 1. The Morgan fingerprint density at radius 1 is 1.47 bits per heavy atom. The summed E-state index contributed by atoms with van der Waals surface area (Å²) in [5, 5.41) is 8.53. The first-order valence-corrected chi connectivity index (χ1v) is 5.96. The van der Waals surface area contributed by atoms with Crippen molar-refractivity contribution in [1.82, 2.24) is 14.8 Å². The summed E-state index contributed by atoms with van der Waals surface area (Å²) in [7, 11) is 0. The van der Waals surface area contributed by atoms with Crippen molar-refractivity contribution in [3.05, 3.63) is 11.6 Å². The predicted molar refractivity (Wildman–Crippen MR) is 59.5 cm³/mol. The Kier molecular flexibility index (Phi) is 3.36. The number of aromatic nitrogens is 3. The minimum Gasteiger partial charge on any atom is -0.330 e. The molecule has 0 amide bonds. The number of rotatable bonds is 4. The van der Waals surface area contributed by atoms with Crippen molar-refractivity contribution >= 4 is 0 Å². The maximum absolute atomic E-state index is 5.73. The third-order valence-corrected chi connectivity index (χ3v) is 3.21. The molecular formula is C11H20N4. The number of hydrogen-bond acceptors (Lipinski definition) is 3. The third-order valence-electron chi connectivity index (χ3n) is 3.21. The average Bonchev–Trinajstić information content (AvgIpc) is 2.68. The minimum atomic E-state index is 0.619. The van der Waals surface area contributed by atoms with Crippen LogP contribution in [0.2, 0.25) is 0 Å². The second-order valence-corrected chi connectivity index (χ2v) is 4.39. The van der Waals surface area contributed by atoms with E-state index in [2.05, 4.69) is 21.7 Å². The van der Waals surface area contributed by atoms with Crippen molar-refractivity contribution in [1.29, 1.82) is 0 Å². The van der Waals surface area contributed by atoms with Crippen LogP contribution in [0.5, 0.6) is 0 Å². The Hall–Kier alpha value is -0.900. The number of nitrogens with zero attached hydrogens (tertiary/aromatic N) is 3. The standard InChI is InChI=1S/C11H20N4/c1-2-3-4-10-13-14-11-6-5-9(7-12)8-15(10)11/h9H,2-8,12H2,1H3. The first-order valence-electron chi connectivity index (χ1n) is 5.96. The van der Waals surface area contributed by atoms with Gasteiger partial charge in [-0.15, -0.1) is 10.2 Å². The predicted octanol–water partition coefficient (Wildman–Crippen LogP) is 1.14. The lowest BCUT2D eigenvalue weighted by atomic mass is 9.99. The van der Waals surface area contributed by atoms with Gasteiger partial charge in [0, 0.05) is 19.4 Å². The summed E-state index contributed by atoms with van der Waals surface area (Å²) < 4.78 is 2.29. The van der Waals surface area contributed by atoms with E-state index in [1.54, 1.807) is 0 Å². The molecular weight excluding hydrogens is 188 g/mol. The van der Waals surface area contributed by atoms with Crippen LogP contribution in [0, 0.1) is 5.92 Å². The van der Waals surface area contributed by atoms with Gasteiger partial charge < -0.3 is 10.3 Å². The van der Waals surface area contributed by atoms with E-state index in [9.17, 15) is 0 Å². The quantitative estimate of drug-likeness (QED) is 0.807. The zero-order valence-corrected chi connectivity index (χ0v) is 9.45. The van der Waals surface area contributed by atoms with Gasteiger partial charge in [0.2, 0.25) is 0 Å². The molecule has 0 bridgehead atoms. The monoisotopic (exact) mass is 208 g/mol. The summed E-state index contributed by atoms with van der Waals surface area (Å²) in [6.07, 6.45) is 5.68. The number of unbranched alkanes of at least 4 members (excludes halogenated alkanes) is 1. The highest BCUT2D eigenvalue weighted by Gasteiger charge is 2.21. The molecule has 2 N–H and O–H groups in total. The molecule has 1 aliphatic rings.